The van der Waals surface area contributed by atoms with E-state index in [9.17, 15) is 4.79 Å². The van der Waals surface area contributed by atoms with Gasteiger partial charge in [0.15, 0.2) is 6.10 Å². The Balaban J connectivity index is 2.52. The van der Waals surface area contributed by atoms with Crippen LogP contribution < -0.4 is 0 Å². The molecule has 94 valence electrons. The van der Waals surface area contributed by atoms with Crippen molar-refractivity contribution < 1.29 is 19.0 Å². The Morgan fingerprint density at radius 1 is 1.31 bits per heavy atom. The number of nitrogens with zero attached hydrogens (tertiary/aromatic N) is 1. The molecule has 16 heavy (non-hydrogen) atoms. The molecular formula is C11H21NO4. The Morgan fingerprint density at radius 3 is 2.50 bits per heavy atom. The molecule has 0 radical (unpaired) electrons. The van der Waals surface area contributed by atoms with Crippen molar-refractivity contribution in [1.82, 2.24) is 4.90 Å². The minimum Gasteiger partial charge on any atom is -0.364 e. The Kier molecular flexibility index (Phi) is 5.18. The molecule has 0 aromatic carbocycles. The second-order valence-electron chi connectivity index (χ2n) is 4.42. The summed E-state index contributed by atoms with van der Waals surface area (Å²) in [6.45, 7) is 4.75. The van der Waals surface area contributed by atoms with E-state index >= 15 is 0 Å². The van der Waals surface area contributed by atoms with E-state index in [-0.39, 0.29) is 24.8 Å². The topological polar surface area (TPSA) is 48.0 Å². The first kappa shape index (κ1) is 13.4. The van der Waals surface area contributed by atoms with Crippen molar-refractivity contribution in [2.24, 2.45) is 5.92 Å². The molecule has 2 unspecified atom stereocenters. The van der Waals surface area contributed by atoms with Gasteiger partial charge in [0.05, 0.1) is 6.04 Å². The molecular weight excluding hydrogens is 210 g/mol. The number of ether oxygens (including phenoxy) is 3. The second kappa shape index (κ2) is 6.18. The lowest BCUT2D eigenvalue weighted by atomic mass is 9.90. The lowest BCUT2D eigenvalue weighted by Gasteiger charge is -2.46. The van der Waals surface area contributed by atoms with Crippen LogP contribution in [0.3, 0.4) is 0 Å². The minimum absolute atomic E-state index is 0.00968. The van der Waals surface area contributed by atoms with E-state index in [1.807, 2.05) is 0 Å². The van der Waals surface area contributed by atoms with E-state index in [0.29, 0.717) is 12.6 Å². The molecule has 5 heteroatoms. The predicted octanol–water partition coefficient (Wildman–Crippen LogP) is 0.836. The predicted molar refractivity (Wildman–Crippen MR) is 58.7 cm³/mol. The monoisotopic (exact) mass is 231 g/mol. The summed E-state index contributed by atoms with van der Waals surface area (Å²) in [7, 11) is 3.14. The van der Waals surface area contributed by atoms with Gasteiger partial charge < -0.3 is 19.1 Å². The quantitative estimate of drug-likeness (QED) is 0.481. The van der Waals surface area contributed by atoms with Crippen molar-refractivity contribution in [3.63, 3.8) is 0 Å². The van der Waals surface area contributed by atoms with E-state index < -0.39 is 0 Å². The molecule has 1 amide bonds. The molecule has 0 aromatic rings. The molecule has 1 rings (SSSR count). The Hall–Kier alpha value is -0.650. The van der Waals surface area contributed by atoms with E-state index in [4.69, 9.17) is 14.2 Å². The van der Waals surface area contributed by atoms with Crippen LogP contribution in [0, 0.1) is 5.92 Å². The van der Waals surface area contributed by atoms with Gasteiger partial charge in [-0.05, 0) is 12.3 Å². The largest absolute Gasteiger partial charge is 0.364 e. The van der Waals surface area contributed by atoms with Crippen LogP contribution in [0.1, 0.15) is 20.3 Å². The first-order chi connectivity index (χ1) is 7.61. The fourth-order valence-corrected chi connectivity index (χ4v) is 1.93. The highest BCUT2D eigenvalue weighted by atomic mass is 16.7. The summed E-state index contributed by atoms with van der Waals surface area (Å²) >= 11 is 0. The fraction of sp³-hybridized carbons (Fsp3) is 0.909. The molecule has 2 atom stereocenters. The van der Waals surface area contributed by atoms with Crippen LogP contribution >= 0.6 is 0 Å². The van der Waals surface area contributed by atoms with Crippen LogP contribution in [-0.4, -0.2) is 50.7 Å². The van der Waals surface area contributed by atoms with Crippen molar-refractivity contribution >= 4 is 5.91 Å². The summed E-state index contributed by atoms with van der Waals surface area (Å²) in [6.07, 6.45) is 0.557. The maximum Gasteiger partial charge on any atom is 0.256 e. The second-order valence-corrected chi connectivity index (χ2v) is 4.42. The standard InChI is InChI=1S/C11H21NO4/c1-8(2)5-9-10(16-7-15-4)11(13)12(9)6-14-3/h8-10H,5-7H2,1-4H3. The minimum atomic E-state index is -0.363. The van der Waals surface area contributed by atoms with Gasteiger partial charge in [-0.3, -0.25) is 4.79 Å². The number of rotatable bonds is 7. The van der Waals surface area contributed by atoms with E-state index in [0.717, 1.165) is 6.42 Å². The third kappa shape index (κ3) is 2.93. The molecule has 0 N–H and O–H groups in total. The van der Waals surface area contributed by atoms with Crippen LogP contribution in [0.15, 0.2) is 0 Å². The number of hydrogen-bond acceptors (Lipinski definition) is 4. The summed E-state index contributed by atoms with van der Waals surface area (Å²) in [4.78, 5) is 13.4. The van der Waals surface area contributed by atoms with Gasteiger partial charge in [0.25, 0.3) is 5.91 Å². The van der Waals surface area contributed by atoms with Gasteiger partial charge in [0.2, 0.25) is 0 Å². The third-order valence-electron chi connectivity index (χ3n) is 2.62. The highest BCUT2D eigenvalue weighted by Gasteiger charge is 2.48. The van der Waals surface area contributed by atoms with Gasteiger partial charge in [0.1, 0.15) is 13.5 Å². The van der Waals surface area contributed by atoms with E-state index in [2.05, 4.69) is 13.8 Å². The summed E-state index contributed by atoms with van der Waals surface area (Å²) < 4.78 is 15.2. The Labute approximate surface area is 96.6 Å². The van der Waals surface area contributed by atoms with Crippen molar-refractivity contribution in [3.05, 3.63) is 0 Å². The Morgan fingerprint density at radius 2 is 2.00 bits per heavy atom. The smallest absolute Gasteiger partial charge is 0.256 e. The normalized spacial score (nSPS) is 25.1. The number of amides is 1. The zero-order valence-electron chi connectivity index (χ0n) is 10.4. The first-order valence-electron chi connectivity index (χ1n) is 5.51. The van der Waals surface area contributed by atoms with Gasteiger partial charge in [-0.15, -0.1) is 0 Å². The van der Waals surface area contributed by atoms with E-state index in [1.54, 1.807) is 19.1 Å². The van der Waals surface area contributed by atoms with Crippen LogP contribution in [0.2, 0.25) is 0 Å². The summed E-state index contributed by atoms with van der Waals surface area (Å²) in [5, 5.41) is 0. The maximum absolute atomic E-state index is 11.7. The lowest BCUT2D eigenvalue weighted by molar-refractivity contribution is -0.198. The highest BCUT2D eigenvalue weighted by Crippen LogP contribution is 2.28. The number of carbonyl (C=O) groups excluding carboxylic acids is 1. The van der Waals surface area contributed by atoms with Gasteiger partial charge in [-0.1, -0.05) is 13.8 Å². The average molecular weight is 231 g/mol. The van der Waals surface area contributed by atoms with Gasteiger partial charge >= 0.3 is 0 Å². The molecule has 1 saturated heterocycles. The van der Waals surface area contributed by atoms with Crippen molar-refractivity contribution in [2.75, 3.05) is 27.7 Å². The summed E-state index contributed by atoms with van der Waals surface area (Å²) in [5.41, 5.74) is 0. The zero-order chi connectivity index (χ0) is 12.1. The molecule has 0 saturated carbocycles. The molecule has 1 heterocycles. The van der Waals surface area contributed by atoms with Crippen LogP contribution in [0.25, 0.3) is 0 Å². The maximum atomic E-state index is 11.7. The Bertz CT molecular complexity index is 232. The number of carbonyl (C=O) groups is 1. The number of hydrogen-bond donors (Lipinski definition) is 0. The van der Waals surface area contributed by atoms with Crippen molar-refractivity contribution in [3.8, 4) is 0 Å². The molecule has 0 bridgehead atoms. The molecule has 0 spiro atoms. The molecule has 0 aliphatic carbocycles. The molecule has 1 aliphatic rings. The fourth-order valence-electron chi connectivity index (χ4n) is 1.93. The number of likely N-dealkylation sites (tertiary alicyclic amines) is 1. The molecule has 1 fully saturated rings. The summed E-state index contributed by atoms with van der Waals surface area (Å²) in [6, 6.07) is 0.114. The van der Waals surface area contributed by atoms with Crippen LogP contribution in [0.5, 0.6) is 0 Å². The van der Waals surface area contributed by atoms with Crippen molar-refractivity contribution in [2.45, 2.75) is 32.4 Å². The number of β-lactam (4-membered cyclic amide) rings is 1. The van der Waals surface area contributed by atoms with Gasteiger partial charge in [0, 0.05) is 14.2 Å². The molecule has 1 aliphatic heterocycles. The van der Waals surface area contributed by atoms with Crippen molar-refractivity contribution in [1.29, 1.82) is 0 Å². The molecule has 5 nitrogen and oxygen atoms in total. The lowest BCUT2D eigenvalue weighted by Crippen LogP contribution is -2.66. The average Bonchev–Trinajstić information content (AvgIpc) is 2.24. The summed E-state index contributed by atoms with van der Waals surface area (Å²) in [5.74, 6) is 0.510. The molecule has 0 aromatic heterocycles. The zero-order valence-corrected chi connectivity index (χ0v) is 10.4. The van der Waals surface area contributed by atoms with E-state index in [1.165, 1.54) is 0 Å². The third-order valence-corrected chi connectivity index (χ3v) is 2.62. The van der Waals surface area contributed by atoms with Gasteiger partial charge in [-0.2, -0.15) is 0 Å². The number of methoxy groups -OCH3 is 2. The van der Waals surface area contributed by atoms with Crippen LogP contribution in [-0.2, 0) is 19.0 Å². The first-order valence-corrected chi connectivity index (χ1v) is 5.51. The van der Waals surface area contributed by atoms with Gasteiger partial charge in [-0.25, -0.2) is 0 Å². The SMILES string of the molecule is COCOC1C(=O)N(COC)C1CC(C)C. The highest BCUT2D eigenvalue weighted by molar-refractivity contribution is 5.88. The van der Waals surface area contributed by atoms with Crippen LogP contribution in [0.4, 0.5) is 0 Å².